The molecule has 1 saturated heterocycles. The van der Waals surface area contributed by atoms with Crippen LogP contribution in [-0.4, -0.2) is 33.3 Å². The molecule has 0 saturated carbocycles. The first kappa shape index (κ1) is 16.3. The number of benzene rings is 2. The lowest BCUT2D eigenvalue weighted by Crippen LogP contribution is -2.41. The molecule has 1 aliphatic rings. The van der Waals surface area contributed by atoms with Crippen LogP contribution in [0.25, 0.3) is 0 Å². The fourth-order valence-electron chi connectivity index (χ4n) is 2.65. The summed E-state index contributed by atoms with van der Waals surface area (Å²) in [6, 6.07) is 16.7. The quantitative estimate of drug-likeness (QED) is 0.667. The third kappa shape index (κ3) is 3.21. The molecule has 1 unspecified atom stereocenters. The Morgan fingerprint density at radius 2 is 1.88 bits per heavy atom. The second-order valence-corrected chi connectivity index (χ2v) is 6.29. The van der Waals surface area contributed by atoms with Gasteiger partial charge in [0.15, 0.2) is 0 Å². The van der Waals surface area contributed by atoms with Crippen LogP contribution >= 0.6 is 11.6 Å². The van der Waals surface area contributed by atoms with Gasteiger partial charge in [-0.15, -0.1) is 0 Å². The maximum absolute atomic E-state index is 12.2. The van der Waals surface area contributed by atoms with Crippen molar-refractivity contribution in [2.45, 2.75) is 17.8 Å². The van der Waals surface area contributed by atoms with Gasteiger partial charge in [0.2, 0.25) is 4.87 Å². The molecule has 5 nitrogen and oxygen atoms in total. The molecule has 1 fully saturated rings. The van der Waals surface area contributed by atoms with Gasteiger partial charge in [0.1, 0.15) is 11.5 Å². The standard InChI is InChI=1S/C18H16ClNO4/c19-18(17(22)23)9-10-20(16(18)21)12-13-5-4-8-15(11-13)24-14-6-2-1-3-7-14/h1-8,11H,9-10,12H2,(H,22,23). The summed E-state index contributed by atoms with van der Waals surface area (Å²) < 4.78 is 5.77. The zero-order valence-corrected chi connectivity index (χ0v) is 13.6. The molecule has 1 amide bonds. The Labute approximate surface area is 144 Å². The summed E-state index contributed by atoms with van der Waals surface area (Å²) >= 11 is 5.94. The Hall–Kier alpha value is -2.53. The third-order valence-corrected chi connectivity index (χ3v) is 4.45. The van der Waals surface area contributed by atoms with Crippen molar-refractivity contribution < 1.29 is 19.4 Å². The fraction of sp³-hybridized carbons (Fsp3) is 0.222. The number of carboxylic acids is 1. The van der Waals surface area contributed by atoms with E-state index in [4.69, 9.17) is 21.4 Å². The van der Waals surface area contributed by atoms with Gasteiger partial charge in [0, 0.05) is 19.5 Å². The Balaban J connectivity index is 1.72. The summed E-state index contributed by atoms with van der Waals surface area (Å²) in [5.41, 5.74) is 0.850. The van der Waals surface area contributed by atoms with Crippen LogP contribution in [0.1, 0.15) is 12.0 Å². The van der Waals surface area contributed by atoms with E-state index in [0.717, 1.165) is 11.3 Å². The molecular weight excluding hydrogens is 330 g/mol. The number of ether oxygens (including phenoxy) is 1. The van der Waals surface area contributed by atoms with Gasteiger partial charge in [-0.3, -0.25) is 4.79 Å². The van der Waals surface area contributed by atoms with Crippen molar-refractivity contribution in [3.05, 3.63) is 60.2 Å². The number of rotatable bonds is 5. The predicted octanol–water partition coefficient (Wildman–Crippen LogP) is 3.27. The fourth-order valence-corrected chi connectivity index (χ4v) is 2.85. The highest BCUT2D eigenvalue weighted by Crippen LogP contribution is 2.31. The van der Waals surface area contributed by atoms with Crippen LogP contribution in [-0.2, 0) is 16.1 Å². The van der Waals surface area contributed by atoms with Gasteiger partial charge in [0.05, 0.1) is 0 Å². The minimum atomic E-state index is -1.84. The molecule has 0 spiro atoms. The number of alkyl halides is 1. The van der Waals surface area contributed by atoms with E-state index < -0.39 is 16.8 Å². The molecule has 1 atom stereocenters. The number of carboxylic acid groups (broad SMARTS) is 1. The number of aliphatic carboxylic acids is 1. The number of para-hydroxylation sites is 1. The molecule has 3 rings (SSSR count). The Morgan fingerprint density at radius 1 is 1.17 bits per heavy atom. The number of carbonyl (C=O) groups is 2. The van der Waals surface area contributed by atoms with E-state index in [-0.39, 0.29) is 6.42 Å². The van der Waals surface area contributed by atoms with Gasteiger partial charge in [-0.05, 0) is 29.8 Å². The topological polar surface area (TPSA) is 66.8 Å². The number of halogens is 1. The highest BCUT2D eigenvalue weighted by molar-refractivity contribution is 6.45. The largest absolute Gasteiger partial charge is 0.480 e. The van der Waals surface area contributed by atoms with Crippen molar-refractivity contribution in [3.63, 3.8) is 0 Å². The minimum absolute atomic E-state index is 0.100. The molecule has 0 aromatic heterocycles. The highest BCUT2D eigenvalue weighted by Gasteiger charge is 2.51. The second kappa shape index (κ2) is 6.53. The Morgan fingerprint density at radius 3 is 2.54 bits per heavy atom. The molecule has 124 valence electrons. The Bertz CT molecular complexity index is 765. The average Bonchev–Trinajstić information content (AvgIpc) is 2.86. The monoisotopic (exact) mass is 345 g/mol. The number of hydrogen-bond acceptors (Lipinski definition) is 3. The lowest BCUT2D eigenvalue weighted by atomic mass is 10.1. The lowest BCUT2D eigenvalue weighted by Gasteiger charge is -2.18. The van der Waals surface area contributed by atoms with E-state index in [1.165, 1.54) is 4.90 Å². The van der Waals surface area contributed by atoms with E-state index in [1.54, 1.807) is 0 Å². The highest BCUT2D eigenvalue weighted by atomic mass is 35.5. The van der Waals surface area contributed by atoms with Crippen molar-refractivity contribution in [2.75, 3.05) is 6.54 Å². The van der Waals surface area contributed by atoms with E-state index >= 15 is 0 Å². The van der Waals surface area contributed by atoms with Gasteiger partial charge in [-0.25, -0.2) is 4.79 Å². The van der Waals surface area contributed by atoms with Gasteiger partial charge in [-0.2, -0.15) is 0 Å². The SMILES string of the molecule is O=C(O)C1(Cl)CCN(Cc2cccc(Oc3ccccc3)c2)C1=O. The van der Waals surface area contributed by atoms with Crippen LogP contribution in [0.3, 0.4) is 0 Å². The molecule has 6 heteroatoms. The maximum Gasteiger partial charge on any atom is 0.334 e. The maximum atomic E-state index is 12.2. The first-order chi connectivity index (χ1) is 11.5. The van der Waals surface area contributed by atoms with Crippen molar-refractivity contribution in [1.82, 2.24) is 4.90 Å². The summed E-state index contributed by atoms with van der Waals surface area (Å²) in [6.45, 7) is 0.616. The van der Waals surface area contributed by atoms with Crippen LogP contribution in [0.4, 0.5) is 0 Å². The zero-order valence-electron chi connectivity index (χ0n) is 12.8. The zero-order chi connectivity index (χ0) is 17.2. The summed E-state index contributed by atoms with van der Waals surface area (Å²) in [5.74, 6) is -0.484. The first-order valence-electron chi connectivity index (χ1n) is 7.52. The number of amides is 1. The molecule has 0 radical (unpaired) electrons. The van der Waals surface area contributed by atoms with E-state index in [9.17, 15) is 9.59 Å². The van der Waals surface area contributed by atoms with Crippen molar-refractivity contribution in [2.24, 2.45) is 0 Å². The number of carbonyl (C=O) groups excluding carboxylic acids is 1. The molecule has 2 aromatic rings. The van der Waals surface area contributed by atoms with Crippen molar-refractivity contribution in [3.8, 4) is 11.5 Å². The van der Waals surface area contributed by atoms with Crippen LogP contribution in [0.2, 0.25) is 0 Å². The smallest absolute Gasteiger partial charge is 0.334 e. The second-order valence-electron chi connectivity index (χ2n) is 5.65. The molecular formula is C18H16ClNO4. The molecule has 0 bridgehead atoms. The summed E-state index contributed by atoms with van der Waals surface area (Å²) in [6.07, 6.45) is 0.100. The van der Waals surface area contributed by atoms with Gasteiger partial charge in [-0.1, -0.05) is 41.9 Å². The van der Waals surface area contributed by atoms with Crippen molar-refractivity contribution >= 4 is 23.5 Å². The van der Waals surface area contributed by atoms with E-state index in [1.807, 2.05) is 54.6 Å². The molecule has 0 aliphatic carbocycles. The Kier molecular flexibility index (Phi) is 4.44. The van der Waals surface area contributed by atoms with Crippen LogP contribution in [0.5, 0.6) is 11.5 Å². The summed E-state index contributed by atoms with van der Waals surface area (Å²) in [4.78, 5) is 23.0. The molecule has 24 heavy (non-hydrogen) atoms. The molecule has 1 N–H and O–H groups in total. The van der Waals surface area contributed by atoms with Gasteiger partial charge < -0.3 is 14.7 Å². The lowest BCUT2D eigenvalue weighted by molar-refractivity contribution is -0.145. The number of nitrogens with zero attached hydrogens (tertiary/aromatic N) is 1. The number of likely N-dealkylation sites (tertiary alicyclic amines) is 1. The summed E-state index contributed by atoms with van der Waals surface area (Å²) in [7, 11) is 0. The molecule has 1 aliphatic heterocycles. The number of hydrogen-bond donors (Lipinski definition) is 1. The van der Waals surface area contributed by atoms with Gasteiger partial charge >= 0.3 is 5.97 Å². The summed E-state index contributed by atoms with van der Waals surface area (Å²) in [5, 5.41) is 9.14. The third-order valence-electron chi connectivity index (χ3n) is 3.94. The van der Waals surface area contributed by atoms with Crippen LogP contribution < -0.4 is 4.74 Å². The first-order valence-corrected chi connectivity index (χ1v) is 7.90. The average molecular weight is 346 g/mol. The van der Waals surface area contributed by atoms with Crippen LogP contribution in [0, 0.1) is 0 Å². The van der Waals surface area contributed by atoms with E-state index in [2.05, 4.69) is 0 Å². The minimum Gasteiger partial charge on any atom is -0.480 e. The molecule has 2 aromatic carbocycles. The van der Waals surface area contributed by atoms with Crippen LogP contribution in [0.15, 0.2) is 54.6 Å². The molecule has 1 heterocycles. The van der Waals surface area contributed by atoms with Crippen molar-refractivity contribution in [1.29, 1.82) is 0 Å². The predicted molar refractivity (Wildman–Crippen MR) is 89.2 cm³/mol. The van der Waals surface area contributed by atoms with E-state index in [0.29, 0.717) is 18.8 Å². The normalized spacial score (nSPS) is 20.2. The van der Waals surface area contributed by atoms with Gasteiger partial charge in [0.25, 0.3) is 5.91 Å².